The zero-order chi connectivity index (χ0) is 12.6. The Morgan fingerprint density at radius 3 is 2.65 bits per heavy atom. The molecule has 2 heteroatoms. The van der Waals surface area contributed by atoms with Gasteiger partial charge in [0.15, 0.2) is 0 Å². The third-order valence-corrected chi connectivity index (χ3v) is 5.16. The van der Waals surface area contributed by atoms with Crippen molar-refractivity contribution in [3.63, 3.8) is 0 Å². The predicted octanol–water partition coefficient (Wildman–Crippen LogP) is 4.13. The molecule has 98 valence electrons. The van der Waals surface area contributed by atoms with Gasteiger partial charge in [-0.05, 0) is 54.9 Å². The first-order chi connectivity index (χ1) is 8.06. The molecule has 0 radical (unpaired) electrons. The van der Waals surface area contributed by atoms with Gasteiger partial charge in [0.2, 0.25) is 0 Å². The van der Waals surface area contributed by atoms with Crippen LogP contribution >= 0.6 is 0 Å². The van der Waals surface area contributed by atoms with Gasteiger partial charge in [0.05, 0.1) is 0 Å². The normalized spacial score (nSPS) is 42.2. The molecule has 5 atom stereocenters. The Bertz CT molecular complexity index is 295. The number of hydrogen-bond donors (Lipinski definition) is 1. The molecule has 0 heterocycles. The minimum atomic E-state index is -0.0658. The molecule has 17 heavy (non-hydrogen) atoms. The van der Waals surface area contributed by atoms with Gasteiger partial charge >= 0.3 is 0 Å². The molecular formula is C15H26O2. The topological polar surface area (TPSA) is 29.5 Å². The molecule has 0 amide bonds. The quantitative estimate of drug-likeness (QED) is 0.445. The Morgan fingerprint density at radius 1 is 1.35 bits per heavy atom. The summed E-state index contributed by atoms with van der Waals surface area (Å²) in [5.74, 6) is 3.33. The first-order valence-electron chi connectivity index (χ1n) is 7.03. The van der Waals surface area contributed by atoms with E-state index in [1.165, 1.54) is 24.8 Å². The van der Waals surface area contributed by atoms with E-state index >= 15 is 0 Å². The van der Waals surface area contributed by atoms with E-state index in [0.29, 0.717) is 23.7 Å². The van der Waals surface area contributed by atoms with Crippen LogP contribution in [0.3, 0.4) is 0 Å². The van der Waals surface area contributed by atoms with E-state index < -0.39 is 0 Å². The van der Waals surface area contributed by atoms with Gasteiger partial charge in [-0.15, -0.1) is 0 Å². The van der Waals surface area contributed by atoms with E-state index in [0.717, 1.165) is 5.92 Å². The summed E-state index contributed by atoms with van der Waals surface area (Å²) in [5.41, 5.74) is 1.22. The van der Waals surface area contributed by atoms with Gasteiger partial charge in [-0.3, -0.25) is 5.26 Å². The van der Waals surface area contributed by atoms with Gasteiger partial charge < -0.3 is 0 Å². The van der Waals surface area contributed by atoms with Crippen LogP contribution < -0.4 is 0 Å². The van der Waals surface area contributed by atoms with Crippen molar-refractivity contribution in [2.75, 3.05) is 0 Å². The molecule has 0 aromatic rings. The SMILES string of the molecule is CC1=CC[C@@H]2[C@H]([C@@H]1OO)[C@H](C(C)C)CC[C@H]2C. The predicted molar refractivity (Wildman–Crippen MR) is 69.6 cm³/mol. The zero-order valence-corrected chi connectivity index (χ0v) is 11.5. The minimum Gasteiger partial charge on any atom is -0.251 e. The van der Waals surface area contributed by atoms with Crippen molar-refractivity contribution < 1.29 is 10.1 Å². The molecule has 0 aliphatic heterocycles. The Labute approximate surface area is 105 Å². The molecule has 0 aromatic heterocycles. The second-order valence-electron chi connectivity index (χ2n) is 6.41. The molecule has 0 spiro atoms. The Hall–Kier alpha value is -0.340. The van der Waals surface area contributed by atoms with Crippen LogP contribution in [0.4, 0.5) is 0 Å². The largest absolute Gasteiger partial charge is 0.251 e. The number of rotatable bonds is 2. The van der Waals surface area contributed by atoms with Crippen molar-refractivity contribution in [3.8, 4) is 0 Å². The maximum atomic E-state index is 9.25. The van der Waals surface area contributed by atoms with Crippen LogP contribution in [0.25, 0.3) is 0 Å². The average Bonchev–Trinajstić information content (AvgIpc) is 2.28. The first-order valence-corrected chi connectivity index (χ1v) is 7.03. The first kappa shape index (κ1) is 13.1. The van der Waals surface area contributed by atoms with E-state index in [2.05, 4.69) is 33.8 Å². The molecule has 1 N–H and O–H groups in total. The molecule has 1 saturated carbocycles. The van der Waals surface area contributed by atoms with Crippen LogP contribution in [-0.2, 0) is 4.89 Å². The van der Waals surface area contributed by atoms with Crippen molar-refractivity contribution in [3.05, 3.63) is 11.6 Å². The van der Waals surface area contributed by atoms with Gasteiger partial charge in [0.1, 0.15) is 6.10 Å². The van der Waals surface area contributed by atoms with Crippen molar-refractivity contribution in [2.24, 2.45) is 29.6 Å². The smallest absolute Gasteiger partial charge is 0.117 e. The molecule has 2 aliphatic rings. The summed E-state index contributed by atoms with van der Waals surface area (Å²) >= 11 is 0. The maximum absolute atomic E-state index is 9.25. The Kier molecular flexibility index (Phi) is 3.94. The minimum absolute atomic E-state index is 0.0658. The molecule has 2 rings (SSSR count). The van der Waals surface area contributed by atoms with Crippen molar-refractivity contribution >= 4 is 0 Å². The van der Waals surface area contributed by atoms with Crippen molar-refractivity contribution in [1.29, 1.82) is 0 Å². The van der Waals surface area contributed by atoms with Crippen LogP contribution in [0.15, 0.2) is 11.6 Å². The van der Waals surface area contributed by atoms with Crippen LogP contribution in [0, 0.1) is 29.6 Å². The summed E-state index contributed by atoms with van der Waals surface area (Å²) < 4.78 is 0. The summed E-state index contributed by atoms with van der Waals surface area (Å²) in [7, 11) is 0. The maximum Gasteiger partial charge on any atom is 0.117 e. The molecule has 0 aromatic carbocycles. The highest BCUT2D eigenvalue weighted by Gasteiger charge is 2.45. The standard InChI is InChI=1S/C15H26O2/c1-9(2)12-7-5-10(3)13-8-6-11(4)15(17-16)14(12)13/h6,9-10,12-16H,5,7-8H2,1-4H3/t10-,12+,13+,14-,15-/m1/s1. The lowest BCUT2D eigenvalue weighted by atomic mass is 9.58. The Morgan fingerprint density at radius 2 is 2.06 bits per heavy atom. The molecule has 0 bridgehead atoms. The third kappa shape index (κ3) is 2.30. The van der Waals surface area contributed by atoms with Crippen LogP contribution in [-0.4, -0.2) is 11.4 Å². The summed E-state index contributed by atoms with van der Waals surface area (Å²) in [4.78, 5) is 4.83. The van der Waals surface area contributed by atoms with Crippen molar-refractivity contribution in [2.45, 2.75) is 53.1 Å². The van der Waals surface area contributed by atoms with Crippen LogP contribution in [0.5, 0.6) is 0 Å². The molecule has 1 fully saturated rings. The van der Waals surface area contributed by atoms with Gasteiger partial charge in [0.25, 0.3) is 0 Å². The van der Waals surface area contributed by atoms with E-state index in [4.69, 9.17) is 4.89 Å². The number of allylic oxidation sites excluding steroid dienone is 1. The molecule has 2 nitrogen and oxygen atoms in total. The summed E-state index contributed by atoms with van der Waals surface area (Å²) in [6, 6.07) is 0. The molecule has 0 saturated heterocycles. The summed E-state index contributed by atoms with van der Waals surface area (Å²) in [6.45, 7) is 9.06. The fourth-order valence-electron chi connectivity index (χ4n) is 4.07. The molecule has 0 unspecified atom stereocenters. The lowest BCUT2D eigenvalue weighted by Crippen LogP contribution is -2.45. The van der Waals surface area contributed by atoms with Crippen LogP contribution in [0.2, 0.25) is 0 Å². The molecular weight excluding hydrogens is 212 g/mol. The Balaban J connectivity index is 2.29. The lowest BCUT2D eigenvalue weighted by Gasteiger charge is -2.48. The second-order valence-corrected chi connectivity index (χ2v) is 6.41. The highest BCUT2D eigenvalue weighted by molar-refractivity contribution is 5.15. The van der Waals surface area contributed by atoms with Crippen molar-refractivity contribution in [1.82, 2.24) is 0 Å². The van der Waals surface area contributed by atoms with E-state index in [-0.39, 0.29) is 6.10 Å². The summed E-state index contributed by atoms with van der Waals surface area (Å²) in [5, 5.41) is 9.25. The number of fused-ring (bicyclic) bond motifs is 1. The van der Waals surface area contributed by atoms with Crippen LogP contribution in [0.1, 0.15) is 47.0 Å². The highest BCUT2D eigenvalue weighted by Crippen LogP contribution is 2.49. The second kappa shape index (κ2) is 5.11. The lowest BCUT2D eigenvalue weighted by molar-refractivity contribution is -0.293. The highest BCUT2D eigenvalue weighted by atomic mass is 17.1. The monoisotopic (exact) mass is 238 g/mol. The van der Waals surface area contributed by atoms with Gasteiger partial charge in [-0.25, -0.2) is 4.89 Å². The summed E-state index contributed by atoms with van der Waals surface area (Å²) in [6.07, 6.45) is 5.98. The van der Waals surface area contributed by atoms with E-state index in [1.54, 1.807) is 0 Å². The number of hydrogen-bond acceptors (Lipinski definition) is 2. The third-order valence-electron chi connectivity index (χ3n) is 5.16. The van der Waals surface area contributed by atoms with Gasteiger partial charge in [-0.2, -0.15) is 0 Å². The molecule has 2 aliphatic carbocycles. The van der Waals surface area contributed by atoms with Gasteiger partial charge in [-0.1, -0.05) is 33.3 Å². The fourth-order valence-corrected chi connectivity index (χ4v) is 4.07. The van der Waals surface area contributed by atoms with Gasteiger partial charge in [0, 0.05) is 0 Å². The zero-order valence-electron chi connectivity index (χ0n) is 11.5. The van der Waals surface area contributed by atoms with E-state index in [1.807, 2.05) is 0 Å². The fraction of sp³-hybridized carbons (Fsp3) is 0.867. The van der Waals surface area contributed by atoms with E-state index in [9.17, 15) is 5.26 Å². The average molecular weight is 238 g/mol.